The van der Waals surface area contributed by atoms with Gasteiger partial charge >= 0.3 is 0 Å². The summed E-state index contributed by atoms with van der Waals surface area (Å²) in [7, 11) is 0. The van der Waals surface area contributed by atoms with Crippen LogP contribution in [0.3, 0.4) is 0 Å². The van der Waals surface area contributed by atoms with Gasteiger partial charge in [0, 0.05) is 36.7 Å². The number of benzene rings is 2. The van der Waals surface area contributed by atoms with Crippen molar-refractivity contribution in [2.75, 3.05) is 6.54 Å². The molecule has 1 aromatic heterocycles. The second kappa shape index (κ2) is 8.00. The Morgan fingerprint density at radius 1 is 1.12 bits per heavy atom. The van der Waals surface area contributed by atoms with Crippen LogP contribution >= 0.6 is 0 Å². The standard InChI is InChI=1S/C22H19N3O/c1-2-12-25(17-19-10-8-18(16-23)9-11-19)22(26)20-6-5-7-21(15-20)24-13-3-4-14-24/h2-11,13-15H,1,12,17H2. The second-order valence-electron chi connectivity index (χ2n) is 5.92. The maximum atomic E-state index is 13.0. The number of carbonyl (C=O) groups excluding carboxylic acids is 1. The largest absolute Gasteiger partial charge is 0.331 e. The van der Waals surface area contributed by atoms with Crippen molar-refractivity contribution in [3.8, 4) is 11.8 Å². The Labute approximate surface area is 153 Å². The molecule has 0 N–H and O–H groups in total. The first kappa shape index (κ1) is 17.2. The van der Waals surface area contributed by atoms with Crippen LogP contribution in [0.25, 0.3) is 5.69 Å². The number of hydrogen-bond acceptors (Lipinski definition) is 2. The average Bonchev–Trinajstić information content (AvgIpc) is 3.23. The van der Waals surface area contributed by atoms with Gasteiger partial charge in [0.25, 0.3) is 5.91 Å². The van der Waals surface area contributed by atoms with E-state index in [-0.39, 0.29) is 5.91 Å². The molecule has 0 radical (unpaired) electrons. The lowest BCUT2D eigenvalue weighted by Gasteiger charge is -2.22. The highest BCUT2D eigenvalue weighted by Crippen LogP contribution is 2.15. The highest BCUT2D eigenvalue weighted by atomic mass is 16.2. The molecule has 4 heteroatoms. The lowest BCUT2D eigenvalue weighted by molar-refractivity contribution is 0.0762. The zero-order valence-corrected chi connectivity index (χ0v) is 14.4. The normalized spacial score (nSPS) is 10.1. The van der Waals surface area contributed by atoms with Gasteiger partial charge in [0.15, 0.2) is 0 Å². The van der Waals surface area contributed by atoms with Crippen molar-refractivity contribution in [3.63, 3.8) is 0 Å². The summed E-state index contributed by atoms with van der Waals surface area (Å²) in [4.78, 5) is 14.7. The first-order valence-electron chi connectivity index (χ1n) is 8.34. The summed E-state index contributed by atoms with van der Waals surface area (Å²) in [6.45, 7) is 4.68. The fraction of sp³-hybridized carbons (Fsp3) is 0.0909. The third kappa shape index (κ3) is 3.90. The van der Waals surface area contributed by atoms with Crippen molar-refractivity contribution in [1.82, 2.24) is 9.47 Å². The highest BCUT2D eigenvalue weighted by Gasteiger charge is 2.15. The Hall–Kier alpha value is -3.58. The molecule has 1 heterocycles. The van der Waals surface area contributed by atoms with E-state index in [9.17, 15) is 4.79 Å². The molecule has 3 aromatic rings. The van der Waals surface area contributed by atoms with Gasteiger partial charge in [0.2, 0.25) is 0 Å². The van der Waals surface area contributed by atoms with Gasteiger partial charge in [-0.15, -0.1) is 6.58 Å². The molecular formula is C22H19N3O. The number of rotatable bonds is 6. The molecule has 0 aliphatic rings. The second-order valence-corrected chi connectivity index (χ2v) is 5.92. The van der Waals surface area contributed by atoms with E-state index in [4.69, 9.17) is 5.26 Å². The molecule has 0 aliphatic heterocycles. The van der Waals surface area contributed by atoms with Crippen molar-refractivity contribution in [1.29, 1.82) is 5.26 Å². The van der Waals surface area contributed by atoms with Crippen molar-refractivity contribution >= 4 is 5.91 Å². The number of aromatic nitrogens is 1. The molecule has 0 bridgehead atoms. The third-order valence-corrected chi connectivity index (χ3v) is 4.09. The molecule has 0 spiro atoms. The van der Waals surface area contributed by atoms with Crippen molar-refractivity contribution in [3.05, 3.63) is 102 Å². The van der Waals surface area contributed by atoms with Gasteiger partial charge in [-0.25, -0.2) is 0 Å². The molecular weight excluding hydrogens is 322 g/mol. The van der Waals surface area contributed by atoms with E-state index in [0.717, 1.165) is 11.3 Å². The van der Waals surface area contributed by atoms with Crippen LogP contribution in [-0.4, -0.2) is 21.9 Å². The predicted molar refractivity (Wildman–Crippen MR) is 102 cm³/mol. The lowest BCUT2D eigenvalue weighted by atomic mass is 10.1. The van der Waals surface area contributed by atoms with Crippen LogP contribution in [0.1, 0.15) is 21.5 Å². The third-order valence-electron chi connectivity index (χ3n) is 4.09. The van der Waals surface area contributed by atoms with Gasteiger partial charge < -0.3 is 9.47 Å². The van der Waals surface area contributed by atoms with E-state index in [0.29, 0.717) is 24.2 Å². The molecule has 26 heavy (non-hydrogen) atoms. The lowest BCUT2D eigenvalue weighted by Crippen LogP contribution is -2.30. The van der Waals surface area contributed by atoms with E-state index in [2.05, 4.69) is 12.6 Å². The fourth-order valence-electron chi connectivity index (χ4n) is 2.77. The number of carbonyl (C=O) groups is 1. The van der Waals surface area contributed by atoms with E-state index in [1.54, 1.807) is 23.1 Å². The van der Waals surface area contributed by atoms with Gasteiger partial charge in [0.05, 0.1) is 11.6 Å². The highest BCUT2D eigenvalue weighted by molar-refractivity contribution is 5.94. The summed E-state index contributed by atoms with van der Waals surface area (Å²) in [6, 6.07) is 20.8. The molecule has 128 valence electrons. The van der Waals surface area contributed by atoms with Gasteiger partial charge in [-0.3, -0.25) is 4.79 Å². The van der Waals surface area contributed by atoms with Crippen LogP contribution in [0, 0.1) is 11.3 Å². The van der Waals surface area contributed by atoms with Crippen LogP contribution in [0.2, 0.25) is 0 Å². The molecule has 0 fully saturated rings. The van der Waals surface area contributed by atoms with Crippen LogP contribution in [0.4, 0.5) is 0 Å². The van der Waals surface area contributed by atoms with Gasteiger partial charge in [0.1, 0.15) is 0 Å². The minimum absolute atomic E-state index is 0.0525. The molecule has 3 rings (SSSR count). The van der Waals surface area contributed by atoms with Gasteiger partial charge in [-0.05, 0) is 48.0 Å². The summed E-state index contributed by atoms with van der Waals surface area (Å²) < 4.78 is 1.97. The molecule has 4 nitrogen and oxygen atoms in total. The maximum absolute atomic E-state index is 13.0. The SMILES string of the molecule is C=CCN(Cc1ccc(C#N)cc1)C(=O)c1cccc(-n2cccc2)c1. The van der Waals surface area contributed by atoms with E-state index in [1.165, 1.54) is 0 Å². The van der Waals surface area contributed by atoms with Crippen LogP contribution in [-0.2, 0) is 6.54 Å². The van der Waals surface area contributed by atoms with E-state index < -0.39 is 0 Å². The summed E-state index contributed by atoms with van der Waals surface area (Å²) >= 11 is 0. The van der Waals surface area contributed by atoms with Gasteiger partial charge in [-0.2, -0.15) is 5.26 Å². The Morgan fingerprint density at radius 2 is 1.85 bits per heavy atom. The fourth-order valence-corrected chi connectivity index (χ4v) is 2.77. The van der Waals surface area contributed by atoms with Crippen molar-refractivity contribution < 1.29 is 4.79 Å². The number of hydrogen-bond donors (Lipinski definition) is 0. The van der Waals surface area contributed by atoms with E-state index in [1.807, 2.05) is 65.5 Å². The van der Waals surface area contributed by atoms with E-state index >= 15 is 0 Å². The Morgan fingerprint density at radius 3 is 2.50 bits per heavy atom. The smallest absolute Gasteiger partial charge is 0.254 e. The summed E-state index contributed by atoms with van der Waals surface area (Å²) in [5.41, 5.74) is 3.15. The van der Waals surface area contributed by atoms with Crippen LogP contribution < -0.4 is 0 Å². The molecule has 0 saturated carbocycles. The average molecular weight is 341 g/mol. The zero-order chi connectivity index (χ0) is 18.4. The Bertz CT molecular complexity index is 934. The number of nitrogens with zero attached hydrogens (tertiary/aromatic N) is 3. The minimum Gasteiger partial charge on any atom is -0.331 e. The number of amides is 1. The minimum atomic E-state index is -0.0525. The molecule has 0 saturated heterocycles. The molecule has 2 aromatic carbocycles. The quantitative estimate of drug-likeness (QED) is 0.632. The van der Waals surface area contributed by atoms with Crippen molar-refractivity contribution in [2.24, 2.45) is 0 Å². The summed E-state index contributed by atoms with van der Waals surface area (Å²) in [5.74, 6) is -0.0525. The van der Waals surface area contributed by atoms with Crippen LogP contribution in [0.15, 0.2) is 85.7 Å². The van der Waals surface area contributed by atoms with Crippen molar-refractivity contribution in [2.45, 2.75) is 6.54 Å². The molecule has 0 atom stereocenters. The molecule has 1 amide bonds. The summed E-state index contributed by atoms with van der Waals surface area (Å²) in [6.07, 6.45) is 5.61. The topological polar surface area (TPSA) is 49.0 Å². The monoisotopic (exact) mass is 341 g/mol. The zero-order valence-electron chi connectivity index (χ0n) is 14.4. The summed E-state index contributed by atoms with van der Waals surface area (Å²) in [5, 5.41) is 8.91. The number of nitriles is 1. The molecule has 0 aliphatic carbocycles. The predicted octanol–water partition coefficient (Wildman–Crippen LogP) is 4.18. The Balaban J connectivity index is 1.83. The molecule has 0 unspecified atom stereocenters. The Kier molecular flexibility index (Phi) is 5.31. The first-order valence-corrected chi connectivity index (χ1v) is 8.34. The first-order chi connectivity index (χ1) is 12.7. The van der Waals surface area contributed by atoms with Crippen LogP contribution in [0.5, 0.6) is 0 Å². The maximum Gasteiger partial charge on any atom is 0.254 e. The van der Waals surface area contributed by atoms with Gasteiger partial charge in [-0.1, -0.05) is 24.3 Å².